The van der Waals surface area contributed by atoms with Crippen LogP contribution in [0.5, 0.6) is 0 Å². The lowest BCUT2D eigenvalue weighted by Crippen LogP contribution is -2.46. The number of pyridine rings is 2. The molecule has 3 aromatic rings. The third kappa shape index (κ3) is 3.67. The highest BCUT2D eigenvalue weighted by Crippen LogP contribution is 2.47. The van der Waals surface area contributed by atoms with E-state index in [-0.39, 0.29) is 60.4 Å². The Labute approximate surface area is 230 Å². The van der Waals surface area contributed by atoms with Gasteiger partial charge in [-0.2, -0.15) is 13.2 Å². The van der Waals surface area contributed by atoms with E-state index in [9.17, 15) is 42.2 Å². The molecule has 3 aliphatic rings. The summed E-state index contributed by atoms with van der Waals surface area (Å²) in [4.78, 5) is 44.4. The second-order valence-corrected chi connectivity index (χ2v) is 10.8. The van der Waals surface area contributed by atoms with Crippen LogP contribution >= 0.6 is 0 Å². The lowest BCUT2D eigenvalue weighted by Gasteiger charge is -2.36. The molecule has 2 aliphatic heterocycles. The van der Waals surface area contributed by atoms with E-state index in [0.29, 0.717) is 27.6 Å². The average molecular weight is 576 g/mol. The van der Waals surface area contributed by atoms with Crippen molar-refractivity contribution in [3.63, 3.8) is 0 Å². The highest BCUT2D eigenvalue weighted by atomic mass is 19.4. The van der Waals surface area contributed by atoms with Crippen LogP contribution in [-0.2, 0) is 39.5 Å². The lowest BCUT2D eigenvalue weighted by atomic mass is 9.81. The number of likely N-dealkylation sites (N-methyl/N-ethyl adjacent to an activating group) is 1. The van der Waals surface area contributed by atoms with Gasteiger partial charge in [0.05, 0.1) is 35.1 Å². The Morgan fingerprint density at radius 3 is 2.63 bits per heavy atom. The minimum atomic E-state index is -5.18. The van der Waals surface area contributed by atoms with Crippen molar-refractivity contribution in [2.75, 3.05) is 7.05 Å². The molecule has 1 unspecified atom stereocenters. The molecule has 1 aliphatic carbocycles. The fourth-order valence-corrected chi connectivity index (χ4v) is 6.40. The lowest BCUT2D eigenvalue weighted by molar-refractivity contribution is -0.211. The Bertz CT molecular complexity index is 1750. The fourth-order valence-electron chi connectivity index (χ4n) is 6.40. The molecule has 4 heterocycles. The summed E-state index contributed by atoms with van der Waals surface area (Å²) in [5, 5.41) is 21.3. The van der Waals surface area contributed by atoms with Crippen molar-refractivity contribution in [3.8, 4) is 11.4 Å². The minimum Gasteiger partial charge on any atom is -0.458 e. The van der Waals surface area contributed by atoms with Crippen LogP contribution in [-0.4, -0.2) is 55.9 Å². The number of alkyl halides is 3. The minimum absolute atomic E-state index is 0.0657. The second-order valence-electron chi connectivity index (χ2n) is 10.8. The number of hydrogen-bond acceptors (Lipinski definition) is 7. The van der Waals surface area contributed by atoms with Gasteiger partial charge in [-0.1, -0.05) is 6.92 Å². The number of aromatic nitrogens is 2. The summed E-state index contributed by atoms with van der Waals surface area (Å²) >= 11 is 0. The SMILES string of the molecule is CC[C@@]1(O)C(=O)OCc2c1cc1n(c2=O)Cc2c-1nc1cc(F)c(C)c3c1c2[C@@H](N(C)C(=O)C(O)C(F)(F)F)CC3. The summed E-state index contributed by atoms with van der Waals surface area (Å²) in [6.07, 6.45) is -8.11. The first-order valence-electron chi connectivity index (χ1n) is 13.0. The molecule has 0 saturated carbocycles. The summed E-state index contributed by atoms with van der Waals surface area (Å²) in [5.41, 5.74) is -0.0115. The molecule has 1 amide bonds. The Morgan fingerprint density at radius 2 is 1.98 bits per heavy atom. The molecule has 6 rings (SSSR count). The molecule has 0 fully saturated rings. The number of aryl methyl sites for hydroxylation is 1. The fraction of sp³-hybridized carbons (Fsp3) is 0.429. The van der Waals surface area contributed by atoms with Gasteiger partial charge in [0.1, 0.15) is 12.4 Å². The molecular weight excluding hydrogens is 550 g/mol. The largest absolute Gasteiger partial charge is 0.458 e. The van der Waals surface area contributed by atoms with E-state index in [1.165, 1.54) is 23.7 Å². The van der Waals surface area contributed by atoms with Gasteiger partial charge < -0.3 is 24.4 Å². The van der Waals surface area contributed by atoms with Crippen LogP contribution in [0.15, 0.2) is 16.9 Å². The summed E-state index contributed by atoms with van der Waals surface area (Å²) in [6, 6.07) is 1.73. The number of ether oxygens (including phenoxy) is 1. The molecule has 1 aromatic carbocycles. The van der Waals surface area contributed by atoms with Crippen molar-refractivity contribution in [3.05, 3.63) is 61.7 Å². The third-order valence-electron chi connectivity index (χ3n) is 8.71. The highest BCUT2D eigenvalue weighted by Gasteiger charge is 2.48. The number of carbonyl (C=O) groups excluding carboxylic acids is 2. The van der Waals surface area contributed by atoms with E-state index in [4.69, 9.17) is 4.74 Å². The number of aliphatic hydroxyl groups excluding tert-OH is 1. The number of fused-ring (bicyclic) bond motifs is 5. The zero-order valence-electron chi connectivity index (χ0n) is 22.2. The molecule has 41 heavy (non-hydrogen) atoms. The molecular formula is C28H25F4N3O6. The number of cyclic esters (lactones) is 1. The standard InChI is InChI=1S/C28H25F4N3O6/c1-4-27(40)15-7-19-22-13(9-35(19)24(37)14(15)10-41-26(27)39)21-18(34(3)25(38)23(36)28(30,31)32)6-5-12-11(2)16(29)8-17(33-22)20(12)21/h7-8,18,23,36,40H,4-6,9-10H2,1-3H3/t18-,23?,27-/m0/s1. The van der Waals surface area contributed by atoms with Gasteiger partial charge in [0.15, 0.2) is 5.60 Å². The maximum Gasteiger partial charge on any atom is 0.423 e. The van der Waals surface area contributed by atoms with Crippen LogP contribution in [0.3, 0.4) is 0 Å². The molecule has 0 radical (unpaired) electrons. The van der Waals surface area contributed by atoms with Crippen LogP contribution in [0.1, 0.15) is 59.2 Å². The number of halogens is 4. The zero-order chi connectivity index (χ0) is 29.8. The normalized spacial score (nSPS) is 21.7. The molecule has 0 spiro atoms. The third-order valence-corrected chi connectivity index (χ3v) is 8.71. The summed E-state index contributed by atoms with van der Waals surface area (Å²) < 4.78 is 61.2. The van der Waals surface area contributed by atoms with E-state index in [1.807, 2.05) is 0 Å². The van der Waals surface area contributed by atoms with Crippen LogP contribution in [0, 0.1) is 12.7 Å². The van der Waals surface area contributed by atoms with Gasteiger partial charge in [0.25, 0.3) is 11.5 Å². The van der Waals surface area contributed by atoms with Gasteiger partial charge in [-0.15, -0.1) is 0 Å². The number of esters is 1. The van der Waals surface area contributed by atoms with Crippen LogP contribution < -0.4 is 5.56 Å². The molecule has 2 aromatic heterocycles. The predicted octanol–water partition coefficient (Wildman–Crippen LogP) is 2.90. The monoisotopic (exact) mass is 575 g/mol. The van der Waals surface area contributed by atoms with Gasteiger partial charge in [-0.3, -0.25) is 9.59 Å². The number of carbonyl (C=O) groups is 2. The quantitative estimate of drug-likeness (QED) is 0.285. The van der Waals surface area contributed by atoms with Crippen molar-refractivity contribution >= 4 is 22.8 Å². The second kappa shape index (κ2) is 8.83. The zero-order valence-corrected chi connectivity index (χ0v) is 22.2. The maximum atomic E-state index is 15.0. The smallest absolute Gasteiger partial charge is 0.423 e. The van der Waals surface area contributed by atoms with Gasteiger partial charge in [-0.05, 0) is 48.9 Å². The van der Waals surface area contributed by atoms with Gasteiger partial charge in [0.2, 0.25) is 6.10 Å². The maximum absolute atomic E-state index is 15.0. The van der Waals surface area contributed by atoms with Crippen molar-refractivity contribution in [1.82, 2.24) is 14.5 Å². The van der Waals surface area contributed by atoms with E-state index in [2.05, 4.69) is 4.98 Å². The predicted molar refractivity (Wildman–Crippen MR) is 135 cm³/mol. The van der Waals surface area contributed by atoms with Crippen molar-refractivity contribution in [1.29, 1.82) is 0 Å². The molecule has 3 atom stereocenters. The summed E-state index contributed by atoms with van der Waals surface area (Å²) in [6.45, 7) is 2.73. The van der Waals surface area contributed by atoms with E-state index in [1.54, 1.807) is 13.8 Å². The first-order chi connectivity index (χ1) is 19.2. The van der Waals surface area contributed by atoms with E-state index >= 15 is 0 Å². The molecule has 216 valence electrons. The average Bonchev–Trinajstić information content (AvgIpc) is 3.30. The van der Waals surface area contributed by atoms with Crippen molar-refractivity contribution in [2.45, 2.75) is 70.2 Å². The number of benzene rings is 1. The van der Waals surface area contributed by atoms with E-state index in [0.717, 1.165) is 4.90 Å². The Balaban J connectivity index is 1.62. The summed E-state index contributed by atoms with van der Waals surface area (Å²) in [7, 11) is 1.17. The molecule has 0 saturated heterocycles. The highest BCUT2D eigenvalue weighted by molar-refractivity contribution is 5.94. The number of aliphatic hydroxyl groups is 2. The Morgan fingerprint density at radius 1 is 1.27 bits per heavy atom. The van der Waals surface area contributed by atoms with Gasteiger partial charge in [-0.25, -0.2) is 14.2 Å². The first kappa shape index (κ1) is 27.3. The first-order valence-corrected chi connectivity index (χ1v) is 13.0. The van der Waals surface area contributed by atoms with Crippen LogP contribution in [0.25, 0.3) is 22.3 Å². The number of nitrogens with zero attached hydrogens (tertiary/aromatic N) is 3. The number of rotatable bonds is 3. The van der Waals surface area contributed by atoms with Crippen molar-refractivity contribution < 1.29 is 42.1 Å². The number of hydrogen-bond donors (Lipinski definition) is 2. The summed E-state index contributed by atoms with van der Waals surface area (Å²) in [5.74, 6) is -2.98. The van der Waals surface area contributed by atoms with Gasteiger partial charge in [0, 0.05) is 29.6 Å². The molecule has 0 bridgehead atoms. The number of amides is 1. The van der Waals surface area contributed by atoms with Crippen LogP contribution in [0.2, 0.25) is 0 Å². The topological polar surface area (TPSA) is 122 Å². The molecule has 9 nitrogen and oxygen atoms in total. The van der Waals surface area contributed by atoms with Crippen LogP contribution in [0.4, 0.5) is 17.6 Å². The molecule has 2 N–H and O–H groups in total. The van der Waals surface area contributed by atoms with Crippen molar-refractivity contribution in [2.24, 2.45) is 0 Å². The van der Waals surface area contributed by atoms with Gasteiger partial charge >= 0.3 is 12.1 Å². The molecule has 13 heteroatoms. The van der Waals surface area contributed by atoms with E-state index < -0.39 is 47.2 Å². The Kier molecular flexibility index (Phi) is 5.89. The Hall–Kier alpha value is -3.84.